The van der Waals surface area contributed by atoms with Gasteiger partial charge in [0.15, 0.2) is 0 Å². The van der Waals surface area contributed by atoms with Crippen LogP contribution in [0.3, 0.4) is 0 Å². The Morgan fingerprint density at radius 1 is 1.05 bits per heavy atom. The van der Waals surface area contributed by atoms with Gasteiger partial charge in [-0.1, -0.05) is 49.4 Å². The fourth-order valence-corrected chi connectivity index (χ4v) is 3.68. The fraction of sp³-hybridized carbons (Fsp3) is 0.294. The smallest absolute Gasteiger partial charge is 0.229 e. The van der Waals surface area contributed by atoms with Crippen LogP contribution in [0, 0.1) is 0 Å². The molecule has 0 aliphatic carbocycles. The quantitative estimate of drug-likeness (QED) is 0.762. The zero-order valence-corrected chi connectivity index (χ0v) is 13.1. The van der Waals surface area contributed by atoms with Crippen LogP contribution in [0.25, 0.3) is 0 Å². The summed E-state index contributed by atoms with van der Waals surface area (Å²) in [5.41, 5.74) is 2.42. The summed E-state index contributed by atoms with van der Waals surface area (Å²) in [4.78, 5) is 0. The largest absolute Gasteiger partial charge is 0.326 e. The van der Waals surface area contributed by atoms with Crippen LogP contribution in [0.4, 0.5) is 0 Å². The van der Waals surface area contributed by atoms with E-state index in [1.807, 2.05) is 43.3 Å². The van der Waals surface area contributed by atoms with Crippen molar-refractivity contribution in [1.29, 1.82) is 0 Å². The first-order valence-electron chi connectivity index (χ1n) is 6.92. The van der Waals surface area contributed by atoms with Gasteiger partial charge >= 0.3 is 0 Å². The van der Waals surface area contributed by atoms with Crippen molar-refractivity contribution >= 4 is 12.7 Å². The van der Waals surface area contributed by atoms with Gasteiger partial charge in [0, 0.05) is 17.9 Å². The topological polar surface area (TPSA) is 26.3 Å². The van der Waals surface area contributed by atoms with Crippen molar-refractivity contribution in [2.75, 3.05) is 13.3 Å². The summed E-state index contributed by atoms with van der Waals surface area (Å²) in [6.07, 6.45) is 0. The van der Waals surface area contributed by atoms with E-state index >= 15 is 0 Å². The van der Waals surface area contributed by atoms with Gasteiger partial charge in [0.2, 0.25) is 7.37 Å². The first-order chi connectivity index (χ1) is 9.54. The average Bonchev–Trinajstić information content (AvgIpc) is 2.47. The lowest BCUT2D eigenvalue weighted by Crippen LogP contribution is -2.09. The normalized spacial score (nSPS) is 15.6. The summed E-state index contributed by atoms with van der Waals surface area (Å²) < 4.78 is 17.9. The molecule has 0 aromatic heterocycles. The molecule has 2 aromatic carbocycles. The van der Waals surface area contributed by atoms with Gasteiger partial charge < -0.3 is 4.52 Å². The van der Waals surface area contributed by atoms with Crippen molar-refractivity contribution in [3.05, 3.63) is 65.7 Å². The molecule has 106 valence electrons. The molecular formula is C17H21O2P. The van der Waals surface area contributed by atoms with Gasteiger partial charge in [0.1, 0.15) is 0 Å². The van der Waals surface area contributed by atoms with E-state index in [2.05, 4.69) is 25.1 Å². The van der Waals surface area contributed by atoms with Crippen molar-refractivity contribution in [1.82, 2.24) is 0 Å². The molecule has 3 heteroatoms. The predicted octanol–water partition coefficient (Wildman–Crippen LogP) is 4.41. The average molecular weight is 288 g/mol. The van der Waals surface area contributed by atoms with Crippen molar-refractivity contribution in [3.8, 4) is 0 Å². The molecule has 2 nitrogen and oxygen atoms in total. The number of hydrogen-bond donors (Lipinski definition) is 0. The molecule has 0 fully saturated rings. The van der Waals surface area contributed by atoms with Crippen LogP contribution in [0.5, 0.6) is 0 Å². The molecule has 0 aliphatic rings. The maximum absolute atomic E-state index is 12.5. The lowest BCUT2D eigenvalue weighted by molar-refractivity contribution is 0.345. The first-order valence-corrected chi connectivity index (χ1v) is 8.99. The minimum atomic E-state index is -2.70. The van der Waals surface area contributed by atoms with E-state index in [1.54, 1.807) is 6.66 Å². The molecule has 2 aromatic rings. The third-order valence-corrected chi connectivity index (χ3v) is 5.48. The zero-order chi connectivity index (χ0) is 14.6. The molecule has 0 aliphatic heterocycles. The van der Waals surface area contributed by atoms with Crippen molar-refractivity contribution < 1.29 is 9.09 Å². The molecule has 1 unspecified atom stereocenters. The van der Waals surface area contributed by atoms with E-state index in [-0.39, 0.29) is 5.92 Å². The second-order valence-electron chi connectivity index (χ2n) is 4.99. The molecule has 0 radical (unpaired) electrons. The molecule has 0 saturated heterocycles. The Labute approximate surface area is 121 Å². The van der Waals surface area contributed by atoms with Gasteiger partial charge in [0.25, 0.3) is 0 Å². The van der Waals surface area contributed by atoms with Gasteiger partial charge in [-0.05, 0) is 30.2 Å². The molecule has 0 saturated carbocycles. The Hall–Kier alpha value is -1.37. The van der Waals surface area contributed by atoms with Crippen molar-refractivity contribution in [2.24, 2.45) is 0 Å². The summed E-state index contributed by atoms with van der Waals surface area (Å²) in [7, 11) is -2.70. The van der Waals surface area contributed by atoms with Crippen LogP contribution >= 0.6 is 7.37 Å². The third kappa shape index (κ3) is 3.39. The molecule has 2 atom stereocenters. The van der Waals surface area contributed by atoms with Gasteiger partial charge in [0.05, 0.1) is 6.61 Å². The Bertz CT molecular complexity index is 607. The van der Waals surface area contributed by atoms with E-state index < -0.39 is 7.37 Å². The number of hydrogen-bond acceptors (Lipinski definition) is 2. The zero-order valence-electron chi connectivity index (χ0n) is 12.2. The summed E-state index contributed by atoms with van der Waals surface area (Å²) in [5.74, 6) is 0.276. The molecule has 0 heterocycles. The maximum atomic E-state index is 12.5. The monoisotopic (exact) mass is 288 g/mol. The highest BCUT2D eigenvalue weighted by Gasteiger charge is 2.19. The molecule has 0 spiro atoms. The number of benzene rings is 2. The summed E-state index contributed by atoms with van der Waals surface area (Å²) in [6, 6.07) is 18.3. The molecular weight excluding hydrogens is 267 g/mol. The predicted molar refractivity (Wildman–Crippen MR) is 85.2 cm³/mol. The SMILES string of the molecule is CCOP(C)(=O)c1cccc([C@@H](C)c2ccccc2)c1. The summed E-state index contributed by atoms with van der Waals surface area (Å²) in [6.45, 7) is 6.18. The van der Waals surface area contributed by atoms with E-state index in [0.29, 0.717) is 6.61 Å². The Balaban J connectivity index is 2.33. The molecule has 0 N–H and O–H groups in total. The van der Waals surface area contributed by atoms with Gasteiger partial charge in [-0.2, -0.15) is 0 Å². The molecule has 0 amide bonds. The van der Waals surface area contributed by atoms with E-state index in [1.165, 1.54) is 5.56 Å². The van der Waals surface area contributed by atoms with Crippen molar-refractivity contribution in [2.45, 2.75) is 19.8 Å². The molecule has 20 heavy (non-hydrogen) atoms. The molecule has 2 rings (SSSR count). The maximum Gasteiger partial charge on any atom is 0.229 e. The second kappa shape index (κ2) is 6.39. The van der Waals surface area contributed by atoms with Gasteiger partial charge in [-0.25, -0.2) is 0 Å². The second-order valence-corrected chi connectivity index (χ2v) is 7.46. The van der Waals surface area contributed by atoms with Gasteiger partial charge in [-0.3, -0.25) is 4.57 Å². The minimum absolute atomic E-state index is 0.276. The van der Waals surface area contributed by atoms with E-state index in [0.717, 1.165) is 10.9 Å². The van der Waals surface area contributed by atoms with E-state index in [4.69, 9.17) is 4.52 Å². The van der Waals surface area contributed by atoms with Crippen molar-refractivity contribution in [3.63, 3.8) is 0 Å². The molecule has 0 bridgehead atoms. The Morgan fingerprint density at radius 2 is 1.70 bits per heavy atom. The highest BCUT2D eigenvalue weighted by Crippen LogP contribution is 2.41. The lowest BCUT2D eigenvalue weighted by atomic mass is 9.93. The number of rotatable bonds is 5. The standard InChI is InChI=1S/C17H21O2P/c1-4-19-20(3,18)17-12-8-11-16(13-17)14(2)15-9-6-5-7-10-15/h5-14H,4H2,1-3H3/t14-,20?/m0/s1. The van der Waals surface area contributed by atoms with Crippen LogP contribution in [0.15, 0.2) is 54.6 Å². The highest BCUT2D eigenvalue weighted by atomic mass is 31.2. The van der Waals surface area contributed by atoms with Crippen LogP contribution < -0.4 is 5.30 Å². The van der Waals surface area contributed by atoms with Crippen LogP contribution in [-0.2, 0) is 9.09 Å². The first kappa shape index (κ1) is 15.0. The third-order valence-electron chi connectivity index (χ3n) is 3.51. The Morgan fingerprint density at radius 3 is 2.35 bits per heavy atom. The minimum Gasteiger partial charge on any atom is -0.326 e. The lowest BCUT2D eigenvalue weighted by Gasteiger charge is -2.17. The van der Waals surface area contributed by atoms with E-state index in [9.17, 15) is 4.57 Å². The summed E-state index contributed by atoms with van der Waals surface area (Å²) >= 11 is 0. The van der Waals surface area contributed by atoms with Crippen LogP contribution in [0.2, 0.25) is 0 Å². The highest BCUT2D eigenvalue weighted by molar-refractivity contribution is 7.66. The Kier molecular flexibility index (Phi) is 4.80. The summed E-state index contributed by atoms with van der Waals surface area (Å²) in [5, 5.41) is 0.791. The fourth-order valence-electron chi connectivity index (χ4n) is 2.30. The van der Waals surface area contributed by atoms with Crippen LogP contribution in [-0.4, -0.2) is 13.3 Å². The van der Waals surface area contributed by atoms with Crippen LogP contribution in [0.1, 0.15) is 30.9 Å². The van der Waals surface area contributed by atoms with Gasteiger partial charge in [-0.15, -0.1) is 0 Å².